The maximum Gasteiger partial charge on any atom is 0.312 e. The van der Waals surface area contributed by atoms with E-state index in [4.69, 9.17) is 4.74 Å². The number of piperidine rings is 1. The van der Waals surface area contributed by atoms with Gasteiger partial charge in [-0.25, -0.2) is 0 Å². The third kappa shape index (κ3) is 6.83. The standard InChI is InChI=1S/C28H42N2O5/c31-24-12-17-30(26(33)23-10-4-5-11-23)16-7-6-13-28(27(34)35-21-25(24)32)14-18-29(19-15-28)20-22-8-2-1-3-9-22/h1-3,8-9,23-25,31-32H,4-7,10-21H2/t24-,25+/m0/s1. The van der Waals surface area contributed by atoms with Crippen LogP contribution in [0.2, 0.25) is 0 Å². The minimum Gasteiger partial charge on any atom is -0.462 e. The van der Waals surface area contributed by atoms with Crippen molar-refractivity contribution in [3.63, 3.8) is 0 Å². The second-order valence-electron chi connectivity index (χ2n) is 10.8. The van der Waals surface area contributed by atoms with E-state index in [-0.39, 0.29) is 30.8 Å². The SMILES string of the molecule is O=C(C1CCCC1)N1CCCCC2(CCN(Cc3ccccc3)CC2)C(=O)OC[C@@H](O)[C@@H](O)CC1. The molecule has 1 spiro atoms. The molecule has 1 aromatic carbocycles. The second-order valence-corrected chi connectivity index (χ2v) is 10.8. The van der Waals surface area contributed by atoms with E-state index in [1.54, 1.807) is 0 Å². The van der Waals surface area contributed by atoms with Gasteiger partial charge in [0.05, 0.1) is 11.5 Å². The van der Waals surface area contributed by atoms with Crippen molar-refractivity contribution in [1.82, 2.24) is 9.80 Å². The smallest absolute Gasteiger partial charge is 0.312 e. The number of nitrogens with zero attached hydrogens (tertiary/aromatic N) is 2. The van der Waals surface area contributed by atoms with Gasteiger partial charge in [-0.05, 0) is 63.6 Å². The summed E-state index contributed by atoms with van der Waals surface area (Å²) in [7, 11) is 0. The quantitative estimate of drug-likeness (QED) is 0.638. The molecule has 2 aliphatic heterocycles. The molecule has 194 valence electrons. The lowest BCUT2D eigenvalue weighted by Gasteiger charge is -2.40. The van der Waals surface area contributed by atoms with Gasteiger partial charge in [0.15, 0.2) is 0 Å². The van der Waals surface area contributed by atoms with Crippen LogP contribution in [0.25, 0.3) is 0 Å². The fourth-order valence-corrected chi connectivity index (χ4v) is 5.97. The van der Waals surface area contributed by atoms with Crippen molar-refractivity contribution < 1.29 is 24.5 Å². The molecule has 0 unspecified atom stereocenters. The number of benzene rings is 1. The molecule has 3 fully saturated rings. The number of esters is 1. The van der Waals surface area contributed by atoms with Crippen molar-refractivity contribution in [2.24, 2.45) is 11.3 Å². The van der Waals surface area contributed by atoms with Crippen molar-refractivity contribution in [2.75, 3.05) is 32.8 Å². The van der Waals surface area contributed by atoms with Crippen LogP contribution in [0.4, 0.5) is 0 Å². The first-order valence-corrected chi connectivity index (χ1v) is 13.6. The van der Waals surface area contributed by atoms with Crippen molar-refractivity contribution in [1.29, 1.82) is 0 Å². The number of ether oxygens (including phenoxy) is 1. The Morgan fingerprint density at radius 2 is 1.60 bits per heavy atom. The molecule has 35 heavy (non-hydrogen) atoms. The Morgan fingerprint density at radius 1 is 0.886 bits per heavy atom. The first-order valence-electron chi connectivity index (χ1n) is 13.6. The number of amides is 1. The number of carbonyl (C=O) groups is 2. The van der Waals surface area contributed by atoms with Crippen LogP contribution >= 0.6 is 0 Å². The highest BCUT2D eigenvalue weighted by atomic mass is 16.5. The molecule has 2 heterocycles. The molecule has 7 nitrogen and oxygen atoms in total. The van der Waals surface area contributed by atoms with Crippen LogP contribution in [0.1, 0.15) is 69.8 Å². The van der Waals surface area contributed by atoms with Crippen molar-refractivity contribution >= 4 is 11.9 Å². The van der Waals surface area contributed by atoms with E-state index in [1.165, 1.54) is 5.56 Å². The number of aliphatic hydroxyl groups is 2. The minimum absolute atomic E-state index is 0.0953. The van der Waals surface area contributed by atoms with E-state index in [0.717, 1.165) is 77.4 Å². The van der Waals surface area contributed by atoms with Crippen molar-refractivity contribution in [2.45, 2.75) is 83.0 Å². The van der Waals surface area contributed by atoms with Gasteiger partial charge in [-0.1, -0.05) is 49.6 Å². The number of hydrogen-bond donors (Lipinski definition) is 2. The molecule has 1 aromatic rings. The lowest BCUT2D eigenvalue weighted by molar-refractivity contribution is -0.165. The molecule has 0 radical (unpaired) electrons. The molecule has 3 aliphatic rings. The van der Waals surface area contributed by atoms with E-state index >= 15 is 0 Å². The van der Waals surface area contributed by atoms with Crippen molar-refractivity contribution in [3.05, 3.63) is 35.9 Å². The van der Waals surface area contributed by atoms with E-state index in [9.17, 15) is 19.8 Å². The molecule has 4 rings (SSSR count). The summed E-state index contributed by atoms with van der Waals surface area (Å²) in [6, 6.07) is 10.4. The number of aliphatic hydroxyl groups excluding tert-OH is 2. The predicted molar refractivity (Wildman–Crippen MR) is 133 cm³/mol. The Morgan fingerprint density at radius 3 is 2.31 bits per heavy atom. The van der Waals surface area contributed by atoms with E-state index in [0.29, 0.717) is 13.1 Å². The average molecular weight is 487 g/mol. The van der Waals surface area contributed by atoms with Crippen LogP contribution in [0.3, 0.4) is 0 Å². The fourth-order valence-electron chi connectivity index (χ4n) is 5.97. The summed E-state index contributed by atoms with van der Waals surface area (Å²) in [5.41, 5.74) is 0.705. The zero-order valence-corrected chi connectivity index (χ0v) is 20.9. The summed E-state index contributed by atoms with van der Waals surface area (Å²) in [6.07, 6.45) is 6.11. The number of carbonyl (C=O) groups excluding carboxylic acids is 2. The fraction of sp³-hybridized carbons (Fsp3) is 0.714. The van der Waals surface area contributed by atoms with Gasteiger partial charge in [-0.2, -0.15) is 0 Å². The second kappa shape index (κ2) is 12.3. The summed E-state index contributed by atoms with van der Waals surface area (Å²) in [5, 5.41) is 20.9. The highest BCUT2D eigenvalue weighted by molar-refractivity contribution is 5.79. The topological polar surface area (TPSA) is 90.3 Å². The van der Waals surface area contributed by atoms with Crippen molar-refractivity contribution in [3.8, 4) is 0 Å². The van der Waals surface area contributed by atoms with Gasteiger partial charge < -0.3 is 19.8 Å². The number of likely N-dealkylation sites (tertiary alicyclic amines) is 1. The Bertz CT molecular complexity index is 818. The zero-order valence-electron chi connectivity index (χ0n) is 20.9. The number of cyclic esters (lactones) is 1. The van der Waals surface area contributed by atoms with Crippen LogP contribution in [0.5, 0.6) is 0 Å². The lowest BCUT2D eigenvalue weighted by Crippen LogP contribution is -2.45. The summed E-state index contributed by atoms with van der Waals surface area (Å²) in [5.74, 6) is 0.0366. The highest BCUT2D eigenvalue weighted by Gasteiger charge is 2.43. The normalized spacial score (nSPS) is 27.6. The molecule has 0 bridgehead atoms. The molecule has 7 heteroatoms. The summed E-state index contributed by atoms with van der Waals surface area (Å²) >= 11 is 0. The van der Waals surface area contributed by atoms with Gasteiger partial charge in [0.2, 0.25) is 5.91 Å². The highest BCUT2D eigenvalue weighted by Crippen LogP contribution is 2.39. The van der Waals surface area contributed by atoms with Gasteiger partial charge in [-0.3, -0.25) is 14.5 Å². The molecule has 1 aliphatic carbocycles. The first kappa shape index (κ1) is 26.1. The monoisotopic (exact) mass is 486 g/mol. The van der Waals surface area contributed by atoms with E-state index in [1.807, 2.05) is 23.1 Å². The Kier molecular flexibility index (Phi) is 9.20. The first-order chi connectivity index (χ1) is 17.0. The van der Waals surface area contributed by atoms with E-state index < -0.39 is 17.6 Å². The van der Waals surface area contributed by atoms with Crippen LogP contribution in [-0.4, -0.2) is 76.9 Å². The van der Waals surface area contributed by atoms with Crippen LogP contribution in [-0.2, 0) is 20.9 Å². The van der Waals surface area contributed by atoms with Crippen LogP contribution < -0.4 is 0 Å². The molecular formula is C28H42N2O5. The van der Waals surface area contributed by atoms with Gasteiger partial charge in [-0.15, -0.1) is 0 Å². The average Bonchev–Trinajstić information content (AvgIpc) is 3.42. The Labute approximate surface area is 209 Å². The minimum atomic E-state index is -1.14. The molecule has 2 saturated heterocycles. The number of rotatable bonds is 3. The summed E-state index contributed by atoms with van der Waals surface area (Å²) < 4.78 is 5.59. The predicted octanol–water partition coefficient (Wildman–Crippen LogP) is 3.13. The van der Waals surface area contributed by atoms with Gasteiger partial charge in [0, 0.05) is 25.6 Å². The number of hydrogen-bond acceptors (Lipinski definition) is 6. The van der Waals surface area contributed by atoms with E-state index in [2.05, 4.69) is 17.0 Å². The third-order valence-electron chi connectivity index (χ3n) is 8.37. The summed E-state index contributed by atoms with van der Waals surface area (Å²) in [6.45, 7) is 3.38. The zero-order chi connectivity index (χ0) is 24.7. The lowest BCUT2D eigenvalue weighted by atomic mass is 9.74. The van der Waals surface area contributed by atoms with Crippen LogP contribution in [0.15, 0.2) is 30.3 Å². The molecule has 1 saturated carbocycles. The molecule has 0 aromatic heterocycles. The maximum atomic E-state index is 13.3. The molecule has 2 atom stereocenters. The van der Waals surface area contributed by atoms with Gasteiger partial charge in [0.25, 0.3) is 0 Å². The Balaban J connectivity index is 1.40. The van der Waals surface area contributed by atoms with Gasteiger partial charge >= 0.3 is 5.97 Å². The van der Waals surface area contributed by atoms with Crippen LogP contribution in [0, 0.1) is 11.3 Å². The Hall–Kier alpha value is -1.96. The maximum absolute atomic E-state index is 13.3. The summed E-state index contributed by atoms with van der Waals surface area (Å²) in [4.78, 5) is 30.6. The molecule has 1 amide bonds. The molecular weight excluding hydrogens is 444 g/mol. The molecule has 2 N–H and O–H groups in total. The van der Waals surface area contributed by atoms with Gasteiger partial charge in [0.1, 0.15) is 12.7 Å². The largest absolute Gasteiger partial charge is 0.462 e. The third-order valence-corrected chi connectivity index (χ3v) is 8.37.